The van der Waals surface area contributed by atoms with Crippen molar-refractivity contribution >= 4 is 24.0 Å². The van der Waals surface area contributed by atoms with Crippen molar-refractivity contribution in [3.05, 3.63) is 29.8 Å². The molecule has 1 amide bonds. The summed E-state index contributed by atoms with van der Waals surface area (Å²) < 4.78 is 0. The van der Waals surface area contributed by atoms with E-state index in [0.717, 1.165) is 0 Å². The Morgan fingerprint density at radius 2 is 2.14 bits per heavy atom. The number of nitrogen functional groups attached to an aromatic ring is 1. The maximum Gasteiger partial charge on any atom is 0.254 e. The Morgan fingerprint density at radius 1 is 1.50 bits per heavy atom. The molecular formula is C10H11ClN2O. The fourth-order valence-corrected chi connectivity index (χ4v) is 0.930. The molecule has 0 bridgehead atoms. The number of para-hydroxylation sites is 1. The van der Waals surface area contributed by atoms with Crippen LogP contribution in [0.2, 0.25) is 0 Å². The summed E-state index contributed by atoms with van der Waals surface area (Å²) >= 11 is 0. The molecule has 0 spiro atoms. The minimum atomic E-state index is -0.240. The molecule has 74 valence electrons. The summed E-state index contributed by atoms with van der Waals surface area (Å²) in [5, 5.41) is 2.53. The van der Waals surface area contributed by atoms with Crippen LogP contribution in [0.15, 0.2) is 24.3 Å². The Labute approximate surface area is 89.1 Å². The van der Waals surface area contributed by atoms with E-state index in [2.05, 4.69) is 11.2 Å². The van der Waals surface area contributed by atoms with E-state index in [1.807, 2.05) is 0 Å². The highest BCUT2D eigenvalue weighted by Gasteiger charge is 2.06. The van der Waals surface area contributed by atoms with Gasteiger partial charge in [0.25, 0.3) is 5.91 Å². The first-order chi connectivity index (χ1) is 6.25. The molecule has 0 aliphatic heterocycles. The molecule has 0 heterocycles. The van der Waals surface area contributed by atoms with Gasteiger partial charge in [0, 0.05) is 5.69 Å². The zero-order chi connectivity index (χ0) is 9.68. The zero-order valence-corrected chi connectivity index (χ0v) is 8.30. The van der Waals surface area contributed by atoms with Crippen LogP contribution in [0.25, 0.3) is 0 Å². The van der Waals surface area contributed by atoms with Gasteiger partial charge in [-0.1, -0.05) is 18.1 Å². The number of terminal acetylenes is 1. The average molecular weight is 211 g/mol. The van der Waals surface area contributed by atoms with Crippen molar-refractivity contribution in [3.8, 4) is 12.3 Å². The zero-order valence-electron chi connectivity index (χ0n) is 7.49. The third kappa shape index (κ3) is 3.00. The molecule has 0 aromatic heterocycles. The highest BCUT2D eigenvalue weighted by Crippen LogP contribution is 2.09. The lowest BCUT2D eigenvalue weighted by Crippen LogP contribution is -2.24. The molecule has 0 unspecified atom stereocenters. The molecule has 1 aromatic rings. The van der Waals surface area contributed by atoms with Crippen molar-refractivity contribution in [1.82, 2.24) is 5.32 Å². The lowest BCUT2D eigenvalue weighted by atomic mass is 10.2. The maximum atomic E-state index is 11.3. The Bertz CT molecular complexity index is 357. The molecule has 1 rings (SSSR count). The number of nitrogens with two attached hydrogens (primary N) is 1. The fraction of sp³-hybridized carbons (Fsp3) is 0.100. The van der Waals surface area contributed by atoms with E-state index < -0.39 is 0 Å². The number of hydrogen-bond acceptors (Lipinski definition) is 2. The van der Waals surface area contributed by atoms with Crippen LogP contribution in [0.3, 0.4) is 0 Å². The van der Waals surface area contributed by atoms with E-state index in [1.54, 1.807) is 24.3 Å². The summed E-state index contributed by atoms with van der Waals surface area (Å²) in [6.45, 7) is 0.215. The number of halogens is 1. The van der Waals surface area contributed by atoms with E-state index in [-0.39, 0.29) is 24.9 Å². The average Bonchev–Trinajstić information content (AvgIpc) is 2.15. The number of hydrogen-bond donors (Lipinski definition) is 2. The number of benzene rings is 1. The number of amides is 1. The molecule has 0 fully saturated rings. The topological polar surface area (TPSA) is 55.1 Å². The monoisotopic (exact) mass is 210 g/mol. The first kappa shape index (κ1) is 12.3. The second-order valence-corrected chi connectivity index (χ2v) is 2.47. The largest absolute Gasteiger partial charge is 0.398 e. The van der Waals surface area contributed by atoms with Gasteiger partial charge in [-0.25, -0.2) is 0 Å². The molecule has 1 aromatic carbocycles. The van der Waals surface area contributed by atoms with Gasteiger partial charge in [0.1, 0.15) is 0 Å². The molecule has 3 N–H and O–H groups in total. The van der Waals surface area contributed by atoms with Crippen molar-refractivity contribution in [2.75, 3.05) is 12.3 Å². The van der Waals surface area contributed by atoms with Crippen LogP contribution in [-0.2, 0) is 0 Å². The second-order valence-electron chi connectivity index (χ2n) is 2.47. The standard InChI is InChI=1S/C10H10N2O.ClH/c1-2-7-12-10(13)8-5-3-4-6-9(8)11;/h1,3-6H,7,11H2,(H,12,13);1H. The van der Waals surface area contributed by atoms with Crippen LogP contribution in [-0.4, -0.2) is 12.5 Å². The number of rotatable bonds is 2. The number of carbonyl (C=O) groups is 1. The summed E-state index contributed by atoms with van der Waals surface area (Å²) in [6, 6.07) is 6.85. The van der Waals surface area contributed by atoms with Gasteiger partial charge in [-0.05, 0) is 12.1 Å². The molecule has 0 radical (unpaired) electrons. The predicted molar refractivity (Wildman–Crippen MR) is 59.3 cm³/mol. The van der Waals surface area contributed by atoms with Crippen molar-refractivity contribution in [2.24, 2.45) is 0 Å². The summed E-state index contributed by atoms with van der Waals surface area (Å²) in [7, 11) is 0. The smallest absolute Gasteiger partial charge is 0.254 e. The molecule has 0 atom stereocenters. The van der Waals surface area contributed by atoms with Crippen molar-refractivity contribution in [2.45, 2.75) is 0 Å². The first-order valence-corrected chi connectivity index (χ1v) is 3.82. The summed E-state index contributed by atoms with van der Waals surface area (Å²) in [5.74, 6) is 2.08. The van der Waals surface area contributed by atoms with Gasteiger partial charge in [0.2, 0.25) is 0 Å². The summed E-state index contributed by atoms with van der Waals surface area (Å²) in [5.41, 5.74) is 6.49. The van der Waals surface area contributed by atoms with E-state index in [0.29, 0.717) is 11.3 Å². The molecule has 0 aliphatic carbocycles. The van der Waals surface area contributed by atoms with E-state index in [4.69, 9.17) is 12.2 Å². The van der Waals surface area contributed by atoms with Gasteiger partial charge >= 0.3 is 0 Å². The number of anilines is 1. The van der Waals surface area contributed by atoms with Gasteiger partial charge in [-0.3, -0.25) is 4.79 Å². The summed E-state index contributed by atoms with van der Waals surface area (Å²) in [4.78, 5) is 11.3. The van der Waals surface area contributed by atoms with E-state index in [1.165, 1.54) is 0 Å². The van der Waals surface area contributed by atoms with Crippen LogP contribution < -0.4 is 11.1 Å². The fourth-order valence-electron chi connectivity index (χ4n) is 0.930. The quantitative estimate of drug-likeness (QED) is 0.567. The van der Waals surface area contributed by atoms with Crippen molar-refractivity contribution in [1.29, 1.82) is 0 Å². The van der Waals surface area contributed by atoms with Gasteiger partial charge in [-0.2, -0.15) is 0 Å². The van der Waals surface area contributed by atoms with Gasteiger partial charge in [0.15, 0.2) is 0 Å². The van der Waals surface area contributed by atoms with Gasteiger partial charge < -0.3 is 11.1 Å². The molecule has 4 heteroatoms. The van der Waals surface area contributed by atoms with Crippen LogP contribution in [0.5, 0.6) is 0 Å². The molecule has 14 heavy (non-hydrogen) atoms. The highest BCUT2D eigenvalue weighted by atomic mass is 35.5. The SMILES string of the molecule is C#CCNC(=O)c1ccccc1N.Cl. The molecular weight excluding hydrogens is 200 g/mol. The normalized spacial score (nSPS) is 8.21. The Balaban J connectivity index is 0.00000169. The molecule has 0 saturated heterocycles. The van der Waals surface area contributed by atoms with Crippen molar-refractivity contribution in [3.63, 3.8) is 0 Å². The predicted octanol–water partition coefficient (Wildman–Crippen LogP) is 1.05. The van der Waals surface area contributed by atoms with Crippen molar-refractivity contribution < 1.29 is 4.79 Å². The second kappa shape index (κ2) is 5.90. The van der Waals surface area contributed by atoms with Crippen LogP contribution in [0, 0.1) is 12.3 Å². The van der Waals surface area contributed by atoms with E-state index in [9.17, 15) is 4.79 Å². The molecule has 0 saturated carbocycles. The minimum Gasteiger partial charge on any atom is -0.398 e. The minimum absolute atomic E-state index is 0. The van der Waals surface area contributed by atoms with Crippen LogP contribution >= 0.6 is 12.4 Å². The number of carbonyl (C=O) groups excluding carboxylic acids is 1. The Hall–Kier alpha value is -1.66. The molecule has 0 aliphatic rings. The van der Waals surface area contributed by atoms with Gasteiger partial charge in [-0.15, -0.1) is 18.8 Å². The van der Waals surface area contributed by atoms with Crippen LogP contribution in [0.4, 0.5) is 5.69 Å². The lowest BCUT2D eigenvalue weighted by Gasteiger charge is -2.03. The van der Waals surface area contributed by atoms with Gasteiger partial charge in [0.05, 0.1) is 12.1 Å². The first-order valence-electron chi connectivity index (χ1n) is 3.82. The summed E-state index contributed by atoms with van der Waals surface area (Å²) in [6.07, 6.45) is 5.00. The Morgan fingerprint density at radius 3 is 2.71 bits per heavy atom. The third-order valence-corrected chi connectivity index (χ3v) is 1.56. The van der Waals surface area contributed by atoms with E-state index >= 15 is 0 Å². The van der Waals surface area contributed by atoms with Crippen LogP contribution in [0.1, 0.15) is 10.4 Å². The third-order valence-electron chi connectivity index (χ3n) is 1.56. The maximum absolute atomic E-state index is 11.3. The highest BCUT2D eigenvalue weighted by molar-refractivity contribution is 5.99. The number of nitrogens with one attached hydrogen (secondary N) is 1. The Kier molecular flexibility index (Phi) is 5.20. The molecule has 3 nitrogen and oxygen atoms in total. The lowest BCUT2D eigenvalue weighted by molar-refractivity contribution is 0.0959.